The fraction of sp³-hybridized carbons (Fsp3) is 0.111. The topological polar surface area (TPSA) is 66.7 Å². The Kier molecular flexibility index (Phi) is 5.53. The third-order valence-electron chi connectivity index (χ3n) is 3.31. The molecule has 0 aliphatic heterocycles. The lowest BCUT2D eigenvalue weighted by molar-refractivity contribution is -0.113. The molecule has 0 unspecified atom stereocenters. The highest BCUT2D eigenvalue weighted by atomic mass is 35.5. The maximum atomic E-state index is 11.5. The Labute approximate surface area is 154 Å². The summed E-state index contributed by atoms with van der Waals surface area (Å²) in [5, 5.41) is 12.3. The fourth-order valence-corrected chi connectivity index (χ4v) is 2.98. The van der Waals surface area contributed by atoms with E-state index in [-0.39, 0.29) is 11.8 Å². The van der Waals surface area contributed by atoms with Crippen molar-refractivity contribution >= 4 is 44.7 Å². The molecule has 7 heteroatoms. The van der Waals surface area contributed by atoms with E-state index >= 15 is 0 Å². The van der Waals surface area contributed by atoms with Crippen LogP contribution in [-0.4, -0.2) is 16.8 Å². The number of rotatable bonds is 5. The van der Waals surface area contributed by atoms with E-state index in [0.717, 1.165) is 16.8 Å². The van der Waals surface area contributed by atoms with Crippen LogP contribution in [0.3, 0.4) is 0 Å². The third-order valence-corrected chi connectivity index (χ3v) is 4.41. The predicted octanol–water partition coefficient (Wildman–Crippen LogP) is 5.71. The smallest absolute Gasteiger partial charge is 0.241 e. The van der Waals surface area contributed by atoms with Crippen LogP contribution < -0.4 is 5.32 Å². The van der Waals surface area contributed by atoms with Gasteiger partial charge in [0.05, 0.1) is 5.69 Å². The second-order valence-corrected chi connectivity index (χ2v) is 6.50. The zero-order valence-electron chi connectivity index (χ0n) is 13.4. The zero-order valence-corrected chi connectivity index (χ0v) is 15.0. The van der Waals surface area contributed by atoms with Crippen molar-refractivity contribution < 1.29 is 4.79 Å². The van der Waals surface area contributed by atoms with E-state index in [2.05, 4.69) is 20.5 Å². The first-order valence-electron chi connectivity index (χ1n) is 7.56. The minimum Gasteiger partial charge on any atom is -0.301 e. The van der Waals surface area contributed by atoms with Gasteiger partial charge in [0.15, 0.2) is 10.1 Å². The molecule has 126 valence electrons. The second-order valence-electron chi connectivity index (χ2n) is 5.26. The van der Waals surface area contributed by atoms with Crippen LogP contribution in [0.1, 0.15) is 5.56 Å². The average Bonchev–Trinajstić information content (AvgIpc) is 3.04. The van der Waals surface area contributed by atoms with E-state index in [1.54, 1.807) is 0 Å². The van der Waals surface area contributed by atoms with E-state index in [4.69, 9.17) is 11.6 Å². The van der Waals surface area contributed by atoms with Crippen LogP contribution in [-0.2, 0) is 4.79 Å². The summed E-state index contributed by atoms with van der Waals surface area (Å²) in [7, 11) is 0. The van der Waals surface area contributed by atoms with Gasteiger partial charge in [0, 0.05) is 5.56 Å². The molecular formula is C18H15ClN4OS. The molecule has 1 amide bonds. The minimum absolute atomic E-state index is 0.125. The molecule has 1 aromatic heterocycles. The summed E-state index contributed by atoms with van der Waals surface area (Å²) in [6, 6.07) is 17.4. The largest absolute Gasteiger partial charge is 0.301 e. The maximum absolute atomic E-state index is 11.5. The molecule has 1 heterocycles. The number of alkyl halides is 1. The number of halogens is 1. The van der Waals surface area contributed by atoms with Gasteiger partial charge in [-0.25, -0.2) is 4.98 Å². The van der Waals surface area contributed by atoms with Crippen molar-refractivity contribution in [3.63, 3.8) is 0 Å². The summed E-state index contributed by atoms with van der Waals surface area (Å²) >= 11 is 6.81. The van der Waals surface area contributed by atoms with Gasteiger partial charge in [-0.2, -0.15) is 0 Å². The van der Waals surface area contributed by atoms with Crippen LogP contribution in [0.2, 0.25) is 0 Å². The molecule has 5 nitrogen and oxygen atoms in total. The lowest BCUT2D eigenvalue weighted by atomic mass is 10.1. The van der Waals surface area contributed by atoms with Gasteiger partial charge >= 0.3 is 0 Å². The quantitative estimate of drug-likeness (QED) is 0.461. The van der Waals surface area contributed by atoms with Crippen molar-refractivity contribution in [3.8, 4) is 11.3 Å². The summed E-state index contributed by atoms with van der Waals surface area (Å²) in [4.78, 5) is 16.0. The predicted molar refractivity (Wildman–Crippen MR) is 102 cm³/mol. The van der Waals surface area contributed by atoms with Crippen LogP contribution in [0, 0.1) is 6.92 Å². The number of thiazole rings is 1. The van der Waals surface area contributed by atoms with E-state index < -0.39 is 0 Å². The standard InChI is InChI=1S/C18H15ClN4OS/c1-12-7-9-13(10-8-12)16-17(23-22-14-5-3-2-4-6-14)25-18(21-16)20-15(24)11-19/h2-10H,11H2,1H3,(H,20,21,24). The summed E-state index contributed by atoms with van der Waals surface area (Å²) in [5.74, 6) is -0.433. The van der Waals surface area contributed by atoms with Gasteiger partial charge < -0.3 is 5.32 Å². The van der Waals surface area contributed by atoms with Gasteiger partial charge in [0.25, 0.3) is 0 Å². The Balaban J connectivity index is 1.97. The van der Waals surface area contributed by atoms with E-state index in [1.807, 2.05) is 61.5 Å². The summed E-state index contributed by atoms with van der Waals surface area (Å²) < 4.78 is 0. The number of azo groups is 1. The lowest BCUT2D eigenvalue weighted by Crippen LogP contribution is -2.12. The van der Waals surface area contributed by atoms with Gasteiger partial charge in [-0.1, -0.05) is 59.4 Å². The van der Waals surface area contributed by atoms with Gasteiger partial charge in [-0.05, 0) is 19.1 Å². The Bertz CT molecular complexity index is 891. The number of aromatic nitrogens is 1. The number of hydrogen-bond acceptors (Lipinski definition) is 5. The third kappa shape index (κ3) is 4.49. The molecule has 25 heavy (non-hydrogen) atoms. The van der Waals surface area contributed by atoms with Crippen LogP contribution in [0.5, 0.6) is 0 Å². The van der Waals surface area contributed by atoms with Gasteiger partial charge in [-0.3, -0.25) is 4.79 Å². The number of anilines is 1. The normalized spacial score (nSPS) is 11.0. The number of nitrogens with zero attached hydrogens (tertiary/aromatic N) is 3. The fourth-order valence-electron chi connectivity index (χ4n) is 2.08. The Morgan fingerprint density at radius 2 is 1.84 bits per heavy atom. The molecule has 0 radical (unpaired) electrons. The highest BCUT2D eigenvalue weighted by Gasteiger charge is 2.14. The summed E-state index contributed by atoms with van der Waals surface area (Å²) in [6.07, 6.45) is 0. The highest BCUT2D eigenvalue weighted by Crippen LogP contribution is 2.39. The van der Waals surface area contributed by atoms with Gasteiger partial charge in [0.2, 0.25) is 5.91 Å². The molecule has 3 rings (SSSR count). The Morgan fingerprint density at radius 3 is 2.52 bits per heavy atom. The molecule has 3 aromatic rings. The number of carbonyl (C=O) groups is 1. The Morgan fingerprint density at radius 1 is 1.12 bits per heavy atom. The van der Waals surface area contributed by atoms with E-state index in [1.165, 1.54) is 11.3 Å². The molecule has 0 spiro atoms. The first-order chi connectivity index (χ1) is 12.2. The van der Waals surface area contributed by atoms with Crippen LogP contribution in [0.15, 0.2) is 64.8 Å². The van der Waals surface area contributed by atoms with Crippen molar-refractivity contribution in [1.29, 1.82) is 0 Å². The van der Waals surface area contributed by atoms with Crippen LogP contribution in [0.4, 0.5) is 15.8 Å². The molecule has 0 saturated heterocycles. The zero-order chi connectivity index (χ0) is 17.6. The summed E-state index contributed by atoms with van der Waals surface area (Å²) in [5.41, 5.74) is 3.49. The number of carbonyl (C=O) groups excluding carboxylic acids is 1. The van der Waals surface area contributed by atoms with E-state index in [0.29, 0.717) is 15.8 Å². The molecular weight excluding hydrogens is 356 g/mol. The molecule has 0 bridgehead atoms. The minimum atomic E-state index is -0.308. The van der Waals surface area contributed by atoms with Crippen molar-refractivity contribution in [3.05, 3.63) is 60.2 Å². The highest BCUT2D eigenvalue weighted by molar-refractivity contribution is 7.19. The molecule has 0 aliphatic rings. The summed E-state index contributed by atoms with van der Waals surface area (Å²) in [6.45, 7) is 2.02. The number of amides is 1. The number of aryl methyl sites for hydroxylation is 1. The first kappa shape index (κ1) is 17.3. The maximum Gasteiger partial charge on any atom is 0.241 e. The molecule has 2 aromatic carbocycles. The van der Waals surface area contributed by atoms with Crippen molar-refractivity contribution in [2.45, 2.75) is 6.92 Å². The van der Waals surface area contributed by atoms with Crippen LogP contribution in [0.25, 0.3) is 11.3 Å². The average molecular weight is 371 g/mol. The van der Waals surface area contributed by atoms with Crippen molar-refractivity contribution in [2.75, 3.05) is 11.2 Å². The molecule has 1 N–H and O–H groups in total. The van der Waals surface area contributed by atoms with Crippen LogP contribution >= 0.6 is 22.9 Å². The van der Waals surface area contributed by atoms with Crippen molar-refractivity contribution in [1.82, 2.24) is 4.98 Å². The van der Waals surface area contributed by atoms with Crippen molar-refractivity contribution in [2.24, 2.45) is 10.2 Å². The monoisotopic (exact) mass is 370 g/mol. The number of nitrogens with one attached hydrogen (secondary N) is 1. The number of hydrogen-bond donors (Lipinski definition) is 1. The Hall–Kier alpha value is -2.57. The molecule has 0 fully saturated rings. The number of benzene rings is 2. The lowest BCUT2D eigenvalue weighted by Gasteiger charge is -1.99. The molecule has 0 saturated carbocycles. The van der Waals surface area contributed by atoms with Gasteiger partial charge in [-0.15, -0.1) is 21.8 Å². The van der Waals surface area contributed by atoms with Gasteiger partial charge in [0.1, 0.15) is 11.6 Å². The molecule has 0 aliphatic carbocycles. The van der Waals surface area contributed by atoms with E-state index in [9.17, 15) is 4.79 Å². The first-order valence-corrected chi connectivity index (χ1v) is 8.91. The second kappa shape index (κ2) is 8.00. The SMILES string of the molecule is Cc1ccc(-c2nc(NC(=O)CCl)sc2N=Nc2ccccc2)cc1. The molecule has 0 atom stereocenters.